The molecule has 3 aliphatic heterocycles. The third kappa shape index (κ3) is 6.33. The molecule has 3 heterocycles. The van der Waals surface area contributed by atoms with Crippen molar-refractivity contribution in [2.24, 2.45) is 0 Å². The van der Waals surface area contributed by atoms with Gasteiger partial charge >= 0.3 is 5.97 Å². The zero-order valence-electron chi connectivity index (χ0n) is 23.0. The minimum absolute atomic E-state index is 0.0132. The van der Waals surface area contributed by atoms with Gasteiger partial charge in [-0.25, -0.2) is 0 Å². The number of phenolic OH excluding ortho intramolecular Hbond substituents is 4. The first-order valence-corrected chi connectivity index (χ1v) is 13.4. The van der Waals surface area contributed by atoms with E-state index >= 15 is 0 Å². The zero-order valence-corrected chi connectivity index (χ0v) is 23.0. The van der Waals surface area contributed by atoms with Crippen molar-refractivity contribution < 1.29 is 79.2 Å². The van der Waals surface area contributed by atoms with E-state index in [-0.39, 0.29) is 28.4 Å². The standard InChI is InChI=1S/C28H32O16/c1-10(29)39-9-20-22(36)23(37)26(44-27-24(38)21(35)17(34)8-40-27)28(43-20)42-19-7-13-15(32)5-12(30)6-18(13)41-25(19)11-2-3-14(31)16(33)4-11/h2-7,17,20-28,30-38H,8-9H2,1H3. The summed E-state index contributed by atoms with van der Waals surface area (Å²) in [4.78, 5) is 11.4. The third-order valence-corrected chi connectivity index (χ3v) is 7.29. The number of esters is 1. The van der Waals surface area contributed by atoms with Crippen molar-refractivity contribution in [2.45, 2.75) is 68.3 Å². The van der Waals surface area contributed by atoms with E-state index in [2.05, 4.69) is 0 Å². The average Bonchev–Trinajstić information content (AvgIpc) is 2.97. The molecule has 2 aromatic rings. The fraction of sp³-hybridized carbons (Fsp3) is 0.464. The molecule has 0 aromatic heterocycles. The molecule has 0 aliphatic carbocycles. The Labute approximate surface area is 249 Å². The zero-order chi connectivity index (χ0) is 31.9. The molecule has 10 unspecified atom stereocenters. The Morgan fingerprint density at radius 2 is 1.64 bits per heavy atom. The molecular formula is C28H32O16. The molecular weight excluding hydrogens is 592 g/mol. The Bertz CT molecular complexity index is 1400. The number of phenols is 4. The predicted molar refractivity (Wildman–Crippen MR) is 142 cm³/mol. The van der Waals surface area contributed by atoms with Crippen molar-refractivity contribution in [2.75, 3.05) is 13.2 Å². The maximum atomic E-state index is 11.4. The van der Waals surface area contributed by atoms with Crippen molar-refractivity contribution in [1.82, 2.24) is 0 Å². The second-order valence-electron chi connectivity index (χ2n) is 10.5. The van der Waals surface area contributed by atoms with Crippen molar-refractivity contribution in [3.05, 3.63) is 47.2 Å². The number of hydrogen-bond acceptors (Lipinski definition) is 16. The molecule has 0 spiro atoms. The molecule has 2 aromatic carbocycles. The van der Waals surface area contributed by atoms with Gasteiger partial charge in [0.1, 0.15) is 66.2 Å². The summed E-state index contributed by atoms with van der Waals surface area (Å²) in [7, 11) is 0. The highest BCUT2D eigenvalue weighted by atomic mass is 16.8. The van der Waals surface area contributed by atoms with E-state index in [1.165, 1.54) is 30.3 Å². The number of benzene rings is 2. The molecule has 10 atom stereocenters. The van der Waals surface area contributed by atoms with Crippen LogP contribution in [0.25, 0.3) is 6.08 Å². The van der Waals surface area contributed by atoms with Gasteiger partial charge in [-0.3, -0.25) is 4.79 Å². The summed E-state index contributed by atoms with van der Waals surface area (Å²) in [5.41, 5.74) is 0.277. The van der Waals surface area contributed by atoms with E-state index < -0.39 is 97.8 Å². The number of fused-ring (bicyclic) bond motifs is 1. The smallest absolute Gasteiger partial charge is 0.302 e. The van der Waals surface area contributed by atoms with E-state index in [0.29, 0.717) is 0 Å². The minimum Gasteiger partial charge on any atom is -0.508 e. The van der Waals surface area contributed by atoms with Crippen LogP contribution in [0.5, 0.6) is 28.7 Å². The van der Waals surface area contributed by atoms with Gasteiger partial charge in [0.2, 0.25) is 6.29 Å². The number of carbonyl (C=O) groups is 1. The van der Waals surface area contributed by atoms with E-state index in [4.69, 9.17) is 28.4 Å². The summed E-state index contributed by atoms with van der Waals surface area (Å²) in [6, 6.07) is 6.00. The summed E-state index contributed by atoms with van der Waals surface area (Å²) < 4.78 is 33.9. The maximum absolute atomic E-state index is 11.4. The van der Waals surface area contributed by atoms with Crippen LogP contribution in [0.4, 0.5) is 0 Å². The van der Waals surface area contributed by atoms with Crippen molar-refractivity contribution in [3.8, 4) is 28.7 Å². The number of aromatic hydroxyl groups is 4. The van der Waals surface area contributed by atoms with Gasteiger partial charge in [-0.2, -0.15) is 0 Å². The maximum Gasteiger partial charge on any atom is 0.302 e. The third-order valence-electron chi connectivity index (χ3n) is 7.29. The van der Waals surface area contributed by atoms with Gasteiger partial charge in [0.25, 0.3) is 0 Å². The highest BCUT2D eigenvalue weighted by Gasteiger charge is 2.51. The van der Waals surface area contributed by atoms with E-state index in [1.807, 2.05) is 0 Å². The van der Waals surface area contributed by atoms with Gasteiger partial charge in [-0.15, -0.1) is 0 Å². The summed E-state index contributed by atoms with van der Waals surface area (Å²) in [5.74, 6) is -2.48. The lowest BCUT2D eigenvalue weighted by Gasteiger charge is -2.45. The summed E-state index contributed by atoms with van der Waals surface area (Å²) in [5, 5.41) is 92.7. The number of ether oxygens (including phenoxy) is 6. The lowest BCUT2D eigenvalue weighted by molar-refractivity contribution is -0.352. The fourth-order valence-corrected chi connectivity index (χ4v) is 4.95. The van der Waals surface area contributed by atoms with Crippen LogP contribution in [0.3, 0.4) is 0 Å². The Kier molecular flexibility index (Phi) is 9.05. The highest BCUT2D eigenvalue weighted by molar-refractivity contribution is 5.70. The van der Waals surface area contributed by atoms with Gasteiger partial charge in [0, 0.05) is 24.6 Å². The van der Waals surface area contributed by atoms with E-state index in [1.54, 1.807) is 0 Å². The molecule has 0 bridgehead atoms. The van der Waals surface area contributed by atoms with Gasteiger partial charge in [0.15, 0.2) is 30.0 Å². The Morgan fingerprint density at radius 1 is 0.886 bits per heavy atom. The molecule has 0 saturated carbocycles. The first-order valence-electron chi connectivity index (χ1n) is 13.4. The highest BCUT2D eigenvalue weighted by Crippen LogP contribution is 2.45. The fourth-order valence-electron chi connectivity index (χ4n) is 4.95. The van der Waals surface area contributed by atoms with Gasteiger partial charge < -0.3 is 74.4 Å². The van der Waals surface area contributed by atoms with Crippen molar-refractivity contribution in [3.63, 3.8) is 0 Å². The predicted octanol–water partition coefficient (Wildman–Crippen LogP) is -1.17. The summed E-state index contributed by atoms with van der Waals surface area (Å²) in [6.45, 7) is 0.169. The molecule has 16 nitrogen and oxygen atoms in total. The minimum atomic E-state index is -1.83. The van der Waals surface area contributed by atoms with Crippen molar-refractivity contribution >= 4 is 12.0 Å². The molecule has 9 N–H and O–H groups in total. The van der Waals surface area contributed by atoms with E-state index in [9.17, 15) is 50.8 Å². The van der Waals surface area contributed by atoms with E-state index in [0.717, 1.165) is 13.0 Å². The lowest BCUT2D eigenvalue weighted by Crippen LogP contribution is -2.63. The molecule has 0 radical (unpaired) electrons. The van der Waals surface area contributed by atoms with Crippen LogP contribution in [0, 0.1) is 0 Å². The largest absolute Gasteiger partial charge is 0.508 e. The lowest BCUT2D eigenvalue weighted by atomic mass is 9.97. The Morgan fingerprint density at radius 3 is 2.34 bits per heavy atom. The molecule has 5 rings (SSSR count). The number of aliphatic hydroxyl groups excluding tert-OH is 5. The van der Waals surface area contributed by atoms with Gasteiger partial charge in [-0.1, -0.05) is 6.07 Å². The topological polar surface area (TPSA) is 255 Å². The molecule has 16 heteroatoms. The van der Waals surface area contributed by atoms with Crippen LogP contribution in [0.2, 0.25) is 0 Å². The molecule has 0 amide bonds. The summed E-state index contributed by atoms with van der Waals surface area (Å²) in [6.07, 6.45) is -14.7. The normalized spacial score (nSPS) is 33.5. The van der Waals surface area contributed by atoms with Gasteiger partial charge in [-0.05, 0) is 18.2 Å². The second-order valence-corrected chi connectivity index (χ2v) is 10.5. The van der Waals surface area contributed by atoms with Crippen LogP contribution >= 0.6 is 0 Å². The monoisotopic (exact) mass is 624 g/mol. The first-order chi connectivity index (χ1) is 20.8. The SMILES string of the molecule is CC(=O)OCC1OC(OC2=Cc3c(O)cc(O)cc3OC2c2ccc(O)c(O)c2)C(OC2OCC(O)C(O)C2O)C(O)C1O. The molecule has 2 fully saturated rings. The summed E-state index contributed by atoms with van der Waals surface area (Å²) >= 11 is 0. The Hall–Kier alpha value is -3.87. The number of carbonyl (C=O) groups excluding carboxylic acids is 1. The first kappa shape index (κ1) is 31.6. The van der Waals surface area contributed by atoms with Crippen LogP contribution < -0.4 is 4.74 Å². The molecule has 3 aliphatic rings. The molecule has 2 saturated heterocycles. The molecule has 240 valence electrons. The van der Waals surface area contributed by atoms with Crippen molar-refractivity contribution in [1.29, 1.82) is 0 Å². The number of aliphatic hydroxyl groups is 5. The molecule has 44 heavy (non-hydrogen) atoms. The second kappa shape index (κ2) is 12.6. The van der Waals surface area contributed by atoms with Crippen LogP contribution in [0.1, 0.15) is 24.2 Å². The number of rotatable bonds is 7. The van der Waals surface area contributed by atoms with Crippen LogP contribution in [0.15, 0.2) is 36.1 Å². The van der Waals surface area contributed by atoms with Gasteiger partial charge in [0.05, 0.1) is 12.2 Å². The van der Waals surface area contributed by atoms with Crippen LogP contribution in [-0.2, 0) is 28.5 Å². The number of hydrogen-bond donors (Lipinski definition) is 9. The van der Waals surface area contributed by atoms with Crippen LogP contribution in [-0.4, -0.2) is 120 Å². The average molecular weight is 625 g/mol. The quantitative estimate of drug-likeness (QED) is 0.130. The Balaban J connectivity index is 1.52.